The van der Waals surface area contributed by atoms with E-state index in [1.54, 1.807) is 0 Å². The smallest absolute Gasteiger partial charge is 0.346 e. The molecule has 0 aliphatic heterocycles. The number of hydrogen-bond donors (Lipinski definition) is 2. The summed E-state index contributed by atoms with van der Waals surface area (Å²) >= 11 is 0. The molecule has 1 rings (SSSR count). The highest BCUT2D eigenvalue weighted by atomic mass is 19.4. The van der Waals surface area contributed by atoms with Crippen molar-refractivity contribution in [3.05, 3.63) is 0 Å². The lowest BCUT2D eigenvalue weighted by Crippen LogP contribution is -2.42. The maximum Gasteiger partial charge on any atom is 0.405 e. The second-order valence-corrected chi connectivity index (χ2v) is 4.11. The highest BCUT2D eigenvalue weighted by molar-refractivity contribution is 5.78. The first kappa shape index (κ1) is 13.3. The lowest BCUT2D eigenvalue weighted by molar-refractivity contribution is -0.138. The van der Waals surface area contributed by atoms with Crippen LogP contribution in [0.25, 0.3) is 0 Å². The van der Waals surface area contributed by atoms with Crippen LogP contribution in [0.1, 0.15) is 32.1 Å². The molecule has 0 heterocycles. The molecule has 0 spiro atoms. The zero-order chi connectivity index (χ0) is 12.0. The quantitative estimate of drug-likeness (QED) is 0.781. The number of alkyl halides is 3. The summed E-state index contributed by atoms with van der Waals surface area (Å²) in [6.07, 6.45) is 1.14. The Morgan fingerprint density at radius 3 is 2.38 bits per heavy atom. The molecule has 0 atom stereocenters. The molecule has 1 fully saturated rings. The maximum atomic E-state index is 11.8. The second kappa shape index (κ2) is 6.08. The van der Waals surface area contributed by atoms with Crippen molar-refractivity contribution >= 4 is 5.91 Å². The molecule has 6 heteroatoms. The van der Waals surface area contributed by atoms with Crippen LogP contribution in [0.3, 0.4) is 0 Å². The Morgan fingerprint density at radius 1 is 1.19 bits per heavy atom. The van der Waals surface area contributed by atoms with Crippen LogP contribution in [0.5, 0.6) is 0 Å². The van der Waals surface area contributed by atoms with Crippen LogP contribution in [0.2, 0.25) is 0 Å². The predicted octanol–water partition coefficient (Wildman–Crippen LogP) is 1.59. The van der Waals surface area contributed by atoms with Crippen molar-refractivity contribution in [2.75, 3.05) is 13.1 Å². The first-order chi connectivity index (χ1) is 7.47. The zero-order valence-corrected chi connectivity index (χ0v) is 9.07. The first-order valence-corrected chi connectivity index (χ1v) is 5.54. The molecule has 0 radical (unpaired) electrons. The minimum atomic E-state index is -4.33. The number of amides is 1. The van der Waals surface area contributed by atoms with Crippen molar-refractivity contribution in [2.24, 2.45) is 0 Å². The average molecular weight is 238 g/mol. The molecule has 3 nitrogen and oxygen atoms in total. The lowest BCUT2D eigenvalue weighted by Gasteiger charge is -2.22. The van der Waals surface area contributed by atoms with Crippen molar-refractivity contribution in [3.8, 4) is 0 Å². The van der Waals surface area contributed by atoms with Gasteiger partial charge in [0.2, 0.25) is 5.91 Å². The van der Waals surface area contributed by atoms with E-state index in [1.807, 2.05) is 5.32 Å². The fraction of sp³-hybridized carbons (Fsp3) is 0.900. The van der Waals surface area contributed by atoms with E-state index in [1.165, 1.54) is 6.42 Å². The molecule has 2 N–H and O–H groups in total. The first-order valence-electron chi connectivity index (χ1n) is 5.54. The van der Waals surface area contributed by atoms with Gasteiger partial charge >= 0.3 is 6.18 Å². The largest absolute Gasteiger partial charge is 0.405 e. The minimum Gasteiger partial charge on any atom is -0.346 e. The van der Waals surface area contributed by atoms with Crippen LogP contribution in [0, 0.1) is 0 Å². The predicted molar refractivity (Wildman–Crippen MR) is 53.9 cm³/mol. The van der Waals surface area contributed by atoms with Gasteiger partial charge in [-0.3, -0.25) is 4.79 Å². The number of rotatable bonds is 4. The molecule has 16 heavy (non-hydrogen) atoms. The van der Waals surface area contributed by atoms with Crippen LogP contribution >= 0.6 is 0 Å². The highest BCUT2D eigenvalue weighted by Gasteiger charge is 2.27. The second-order valence-electron chi connectivity index (χ2n) is 4.11. The van der Waals surface area contributed by atoms with Gasteiger partial charge in [0.25, 0.3) is 0 Å². The van der Waals surface area contributed by atoms with E-state index in [-0.39, 0.29) is 12.6 Å². The number of halogens is 3. The average Bonchev–Trinajstić information content (AvgIpc) is 2.24. The molecule has 0 bridgehead atoms. The Morgan fingerprint density at radius 2 is 1.81 bits per heavy atom. The van der Waals surface area contributed by atoms with Crippen molar-refractivity contribution in [1.82, 2.24) is 10.6 Å². The summed E-state index contributed by atoms with van der Waals surface area (Å²) in [6.45, 7) is -1.28. The van der Waals surface area contributed by atoms with Gasteiger partial charge in [-0.25, -0.2) is 0 Å². The third-order valence-corrected chi connectivity index (χ3v) is 2.64. The Bertz CT molecular complexity index is 225. The summed E-state index contributed by atoms with van der Waals surface area (Å²) in [7, 11) is 0. The molecule has 0 unspecified atom stereocenters. The molecule has 1 aliphatic rings. The zero-order valence-electron chi connectivity index (χ0n) is 9.07. The standard InChI is InChI=1S/C10H17F3N2O/c11-10(12,13)7-15-9(16)6-14-8-4-2-1-3-5-8/h8,14H,1-7H2,(H,15,16). The fourth-order valence-electron chi connectivity index (χ4n) is 1.81. The summed E-state index contributed by atoms with van der Waals surface area (Å²) in [6, 6.07) is 0.283. The third kappa shape index (κ3) is 5.95. The summed E-state index contributed by atoms with van der Waals surface area (Å²) in [5.74, 6) is -0.595. The van der Waals surface area contributed by atoms with Gasteiger partial charge in [-0.15, -0.1) is 0 Å². The van der Waals surface area contributed by atoms with Gasteiger partial charge in [-0.1, -0.05) is 19.3 Å². The van der Waals surface area contributed by atoms with E-state index in [0.717, 1.165) is 25.7 Å². The summed E-state index contributed by atoms with van der Waals surface area (Å²) in [5.41, 5.74) is 0. The van der Waals surface area contributed by atoms with Crippen molar-refractivity contribution < 1.29 is 18.0 Å². The fourth-order valence-corrected chi connectivity index (χ4v) is 1.81. The monoisotopic (exact) mass is 238 g/mol. The lowest BCUT2D eigenvalue weighted by atomic mass is 9.95. The Hall–Kier alpha value is -0.780. The van der Waals surface area contributed by atoms with E-state index < -0.39 is 18.6 Å². The molecule has 0 saturated heterocycles. The summed E-state index contributed by atoms with van der Waals surface area (Å²) < 4.78 is 35.3. The third-order valence-electron chi connectivity index (χ3n) is 2.64. The Kier molecular flexibility index (Phi) is 5.05. The van der Waals surface area contributed by atoms with E-state index in [9.17, 15) is 18.0 Å². The van der Waals surface area contributed by atoms with Gasteiger partial charge in [0.05, 0.1) is 6.54 Å². The Labute approximate surface area is 92.8 Å². The van der Waals surface area contributed by atoms with Gasteiger partial charge in [0.15, 0.2) is 0 Å². The molecule has 0 aromatic heterocycles. The molecule has 1 aliphatic carbocycles. The molecule has 0 aromatic carbocycles. The van der Waals surface area contributed by atoms with Gasteiger partial charge in [0, 0.05) is 6.04 Å². The van der Waals surface area contributed by atoms with Crippen LogP contribution in [-0.2, 0) is 4.79 Å². The van der Waals surface area contributed by atoms with Crippen molar-refractivity contribution in [1.29, 1.82) is 0 Å². The molecule has 0 aromatic rings. The van der Waals surface area contributed by atoms with Gasteiger partial charge in [-0.05, 0) is 12.8 Å². The van der Waals surface area contributed by atoms with Crippen LogP contribution < -0.4 is 10.6 Å². The molecule has 94 valence electrons. The summed E-state index contributed by atoms with van der Waals surface area (Å²) in [5, 5.41) is 4.81. The van der Waals surface area contributed by atoms with E-state index in [4.69, 9.17) is 0 Å². The Balaban J connectivity index is 2.09. The molecular formula is C10H17F3N2O. The van der Waals surface area contributed by atoms with Crippen LogP contribution in [0.4, 0.5) is 13.2 Å². The number of hydrogen-bond acceptors (Lipinski definition) is 2. The van der Waals surface area contributed by atoms with E-state index in [0.29, 0.717) is 0 Å². The van der Waals surface area contributed by atoms with Crippen molar-refractivity contribution in [3.63, 3.8) is 0 Å². The molecule has 1 amide bonds. The van der Waals surface area contributed by atoms with E-state index in [2.05, 4.69) is 5.32 Å². The van der Waals surface area contributed by atoms with Crippen molar-refractivity contribution in [2.45, 2.75) is 44.3 Å². The SMILES string of the molecule is O=C(CNC1CCCCC1)NCC(F)(F)F. The van der Waals surface area contributed by atoms with E-state index >= 15 is 0 Å². The normalized spacial score (nSPS) is 18.4. The maximum absolute atomic E-state index is 11.8. The minimum absolute atomic E-state index is 0.0270. The molecule has 1 saturated carbocycles. The van der Waals surface area contributed by atoms with Gasteiger partial charge < -0.3 is 10.6 Å². The van der Waals surface area contributed by atoms with Crippen LogP contribution in [-0.4, -0.2) is 31.2 Å². The van der Waals surface area contributed by atoms with Gasteiger partial charge in [0.1, 0.15) is 6.54 Å². The topological polar surface area (TPSA) is 41.1 Å². The van der Waals surface area contributed by atoms with Gasteiger partial charge in [-0.2, -0.15) is 13.2 Å². The van der Waals surface area contributed by atoms with Crippen LogP contribution in [0.15, 0.2) is 0 Å². The highest BCUT2D eigenvalue weighted by Crippen LogP contribution is 2.17. The number of carbonyl (C=O) groups excluding carboxylic acids is 1. The summed E-state index contributed by atoms with van der Waals surface area (Å²) in [4.78, 5) is 11.1. The molecular weight excluding hydrogens is 221 g/mol. The number of nitrogens with one attached hydrogen (secondary N) is 2. The number of carbonyl (C=O) groups is 1.